The van der Waals surface area contributed by atoms with Gasteiger partial charge >= 0.3 is 0 Å². The fourth-order valence-electron chi connectivity index (χ4n) is 4.12. The second kappa shape index (κ2) is 27.7. The highest BCUT2D eigenvalue weighted by Crippen LogP contribution is 2.14. The Kier molecular flexibility index (Phi) is 27.5. The maximum Gasteiger partial charge on any atom is -0.0351 e. The van der Waals surface area contributed by atoms with Crippen molar-refractivity contribution in [3.8, 4) is 0 Å². The molecule has 0 atom stereocenters. The first-order chi connectivity index (χ1) is 14.4. The molecule has 0 bridgehead atoms. The van der Waals surface area contributed by atoms with Crippen LogP contribution in [0.5, 0.6) is 0 Å². The number of allylic oxidation sites excluding steroid dienone is 2. The summed E-state index contributed by atoms with van der Waals surface area (Å²) < 4.78 is 0. The first kappa shape index (κ1) is 28.7. The Bertz CT molecular complexity index is 290. The molecule has 0 aromatic carbocycles. The molecule has 0 aromatic rings. The van der Waals surface area contributed by atoms with Gasteiger partial charge < -0.3 is 0 Å². The molecular weight excluding hydrogens is 348 g/mol. The molecule has 0 N–H and O–H groups in total. The largest absolute Gasteiger partial charge is 0.0885 e. The van der Waals surface area contributed by atoms with Crippen LogP contribution in [0.1, 0.15) is 161 Å². The van der Waals surface area contributed by atoms with E-state index in [4.69, 9.17) is 0 Å². The predicted molar refractivity (Wildman–Crippen MR) is 135 cm³/mol. The highest BCUT2D eigenvalue weighted by Gasteiger charge is 1.94. The molecular formula is C29H56. The standard InChI is InChI=1S/C29H56/c1-3-5-7-9-11-13-15-17-19-21-23-25-27-29-28-26-24-22-20-18-16-14-12-10-8-6-4-2/h25,27H,1-24,26,28-29H2. The van der Waals surface area contributed by atoms with Crippen molar-refractivity contribution < 1.29 is 0 Å². The zero-order valence-electron chi connectivity index (χ0n) is 20.2. The van der Waals surface area contributed by atoms with Gasteiger partial charge in [0.1, 0.15) is 0 Å². The number of unbranched alkanes of at least 4 members (excludes halogenated alkanes) is 23. The van der Waals surface area contributed by atoms with Gasteiger partial charge in [-0.2, -0.15) is 0 Å². The Hall–Kier alpha value is -0.260. The van der Waals surface area contributed by atoms with Crippen molar-refractivity contribution in [3.63, 3.8) is 0 Å². The van der Waals surface area contributed by atoms with Gasteiger partial charge in [0.2, 0.25) is 0 Å². The summed E-state index contributed by atoms with van der Waals surface area (Å²) >= 11 is 0. The topological polar surface area (TPSA) is 0 Å². The molecule has 0 saturated carbocycles. The molecule has 0 fully saturated rings. The smallest absolute Gasteiger partial charge is 0.0351 e. The Morgan fingerprint density at radius 3 is 0.724 bits per heavy atom. The van der Waals surface area contributed by atoms with Gasteiger partial charge in [0, 0.05) is 0 Å². The SMILES string of the molecule is [CH2]CCCCCCCCCCCC=CCCCCCCCCCCCCCC[CH2]. The molecule has 0 rings (SSSR count). The van der Waals surface area contributed by atoms with Crippen molar-refractivity contribution in [2.75, 3.05) is 0 Å². The van der Waals surface area contributed by atoms with E-state index in [0.29, 0.717) is 0 Å². The van der Waals surface area contributed by atoms with E-state index in [-0.39, 0.29) is 0 Å². The van der Waals surface area contributed by atoms with Crippen molar-refractivity contribution in [1.29, 1.82) is 0 Å². The van der Waals surface area contributed by atoms with Crippen molar-refractivity contribution in [3.05, 3.63) is 26.0 Å². The molecule has 0 aliphatic rings. The zero-order valence-corrected chi connectivity index (χ0v) is 20.2. The van der Waals surface area contributed by atoms with Crippen LogP contribution in [0.4, 0.5) is 0 Å². The Labute approximate surface area is 186 Å². The second-order valence-electron chi connectivity index (χ2n) is 9.18. The fraction of sp³-hybridized carbons (Fsp3) is 0.862. The first-order valence-electron chi connectivity index (χ1n) is 13.6. The lowest BCUT2D eigenvalue weighted by Gasteiger charge is -2.02. The molecule has 0 aliphatic carbocycles. The van der Waals surface area contributed by atoms with Crippen molar-refractivity contribution in [1.82, 2.24) is 0 Å². The van der Waals surface area contributed by atoms with Gasteiger partial charge in [0.25, 0.3) is 0 Å². The molecule has 0 unspecified atom stereocenters. The Morgan fingerprint density at radius 2 is 0.483 bits per heavy atom. The van der Waals surface area contributed by atoms with Gasteiger partial charge in [-0.1, -0.05) is 161 Å². The van der Waals surface area contributed by atoms with E-state index in [1.54, 1.807) is 0 Å². The third-order valence-corrected chi connectivity index (χ3v) is 6.16. The number of rotatable bonds is 25. The van der Waals surface area contributed by atoms with Crippen molar-refractivity contribution >= 4 is 0 Å². The minimum absolute atomic E-state index is 1.12. The van der Waals surface area contributed by atoms with E-state index >= 15 is 0 Å². The van der Waals surface area contributed by atoms with Crippen LogP contribution < -0.4 is 0 Å². The molecule has 0 amide bonds. The zero-order chi connectivity index (χ0) is 21.1. The predicted octanol–water partition coefficient (Wildman–Crippen LogP) is 11.0. The van der Waals surface area contributed by atoms with Crippen LogP contribution in [0.25, 0.3) is 0 Å². The third-order valence-electron chi connectivity index (χ3n) is 6.16. The van der Waals surface area contributed by atoms with Crippen molar-refractivity contribution in [2.45, 2.75) is 161 Å². The summed E-state index contributed by atoms with van der Waals surface area (Å²) in [6.45, 7) is 7.82. The molecule has 0 saturated heterocycles. The molecule has 172 valence electrons. The Morgan fingerprint density at radius 1 is 0.276 bits per heavy atom. The van der Waals surface area contributed by atoms with Crippen molar-refractivity contribution in [2.24, 2.45) is 0 Å². The lowest BCUT2D eigenvalue weighted by molar-refractivity contribution is 0.542. The number of hydrogen-bond acceptors (Lipinski definition) is 0. The third kappa shape index (κ3) is 27.7. The van der Waals surface area contributed by atoms with Gasteiger partial charge in [0.15, 0.2) is 0 Å². The van der Waals surface area contributed by atoms with Gasteiger partial charge in [-0.05, 0) is 25.7 Å². The molecule has 0 heterocycles. The van der Waals surface area contributed by atoms with E-state index in [0.717, 1.165) is 12.8 Å². The first-order valence-corrected chi connectivity index (χ1v) is 13.6. The number of hydrogen-bond donors (Lipinski definition) is 0. The van der Waals surface area contributed by atoms with Crippen LogP contribution in [-0.2, 0) is 0 Å². The lowest BCUT2D eigenvalue weighted by atomic mass is 10.0. The molecule has 0 spiro atoms. The molecule has 0 heteroatoms. The normalized spacial score (nSPS) is 11.7. The monoisotopic (exact) mass is 404 g/mol. The Balaban J connectivity index is 3.05. The minimum Gasteiger partial charge on any atom is -0.0885 e. The van der Waals surface area contributed by atoms with Gasteiger partial charge in [-0.25, -0.2) is 0 Å². The van der Waals surface area contributed by atoms with E-state index in [9.17, 15) is 0 Å². The highest BCUT2D eigenvalue weighted by molar-refractivity contribution is 4.81. The highest BCUT2D eigenvalue weighted by atomic mass is 14.0. The molecule has 0 aliphatic heterocycles. The van der Waals surface area contributed by atoms with E-state index in [1.807, 2.05) is 0 Å². The summed E-state index contributed by atoms with van der Waals surface area (Å²) in [5.74, 6) is 0. The minimum atomic E-state index is 1.12. The molecule has 0 nitrogen and oxygen atoms in total. The summed E-state index contributed by atoms with van der Waals surface area (Å²) in [6.07, 6.45) is 39.7. The van der Waals surface area contributed by atoms with Gasteiger partial charge in [-0.3, -0.25) is 0 Å². The van der Waals surface area contributed by atoms with Crippen LogP contribution in [0.15, 0.2) is 12.2 Å². The summed E-state index contributed by atoms with van der Waals surface area (Å²) in [4.78, 5) is 0. The van der Waals surface area contributed by atoms with E-state index in [2.05, 4.69) is 26.0 Å². The van der Waals surface area contributed by atoms with Crippen LogP contribution in [0.2, 0.25) is 0 Å². The average Bonchev–Trinajstić information content (AvgIpc) is 2.74. The van der Waals surface area contributed by atoms with E-state index in [1.165, 1.54) is 148 Å². The quantitative estimate of drug-likeness (QED) is 0.105. The second-order valence-corrected chi connectivity index (χ2v) is 9.18. The average molecular weight is 405 g/mol. The summed E-state index contributed by atoms with van der Waals surface area (Å²) in [7, 11) is 0. The van der Waals surface area contributed by atoms with Gasteiger partial charge in [0.05, 0.1) is 0 Å². The molecule has 0 aromatic heterocycles. The van der Waals surface area contributed by atoms with E-state index < -0.39 is 0 Å². The summed E-state index contributed by atoms with van der Waals surface area (Å²) in [6, 6.07) is 0. The lowest BCUT2D eigenvalue weighted by Crippen LogP contribution is -1.83. The molecule has 29 heavy (non-hydrogen) atoms. The van der Waals surface area contributed by atoms with Crippen LogP contribution in [-0.4, -0.2) is 0 Å². The maximum absolute atomic E-state index is 3.91. The molecule has 2 radical (unpaired) electrons. The summed E-state index contributed by atoms with van der Waals surface area (Å²) in [5.41, 5.74) is 0. The van der Waals surface area contributed by atoms with Gasteiger partial charge in [-0.15, -0.1) is 0 Å². The summed E-state index contributed by atoms with van der Waals surface area (Å²) in [5, 5.41) is 0. The van der Waals surface area contributed by atoms with Crippen LogP contribution in [0.3, 0.4) is 0 Å². The maximum atomic E-state index is 3.91. The van der Waals surface area contributed by atoms with Crippen LogP contribution >= 0.6 is 0 Å². The fourth-order valence-corrected chi connectivity index (χ4v) is 4.12. The van der Waals surface area contributed by atoms with Crippen LogP contribution in [0, 0.1) is 13.8 Å².